The van der Waals surface area contributed by atoms with Gasteiger partial charge in [-0.05, 0) is 43.7 Å². The molecule has 0 bridgehead atoms. The smallest absolute Gasteiger partial charge is 0.227 e. The molecule has 2 fully saturated rings. The zero-order chi connectivity index (χ0) is 16.2. The number of ether oxygens (including phenoxy) is 1. The monoisotopic (exact) mass is 315 g/mol. The van der Waals surface area contributed by atoms with Gasteiger partial charge >= 0.3 is 0 Å². The van der Waals surface area contributed by atoms with E-state index in [1.54, 1.807) is 0 Å². The molecule has 3 rings (SSSR count). The fourth-order valence-corrected chi connectivity index (χ4v) is 3.96. The number of benzene rings is 1. The van der Waals surface area contributed by atoms with Gasteiger partial charge in [0.15, 0.2) is 0 Å². The van der Waals surface area contributed by atoms with Gasteiger partial charge in [-0.15, -0.1) is 0 Å². The molecule has 1 amide bonds. The van der Waals surface area contributed by atoms with Crippen molar-refractivity contribution in [2.45, 2.75) is 58.5 Å². The molecule has 1 aromatic carbocycles. The Balaban J connectivity index is 1.61. The molecular weight excluding hydrogens is 286 g/mol. The van der Waals surface area contributed by atoms with Crippen LogP contribution in [0.25, 0.3) is 0 Å². The van der Waals surface area contributed by atoms with E-state index in [-0.39, 0.29) is 12.0 Å². The first-order chi connectivity index (χ1) is 11.1. The molecule has 23 heavy (non-hydrogen) atoms. The van der Waals surface area contributed by atoms with Gasteiger partial charge in [0.2, 0.25) is 5.91 Å². The van der Waals surface area contributed by atoms with Crippen LogP contribution >= 0.6 is 0 Å². The average Bonchev–Trinajstić information content (AvgIpc) is 2.59. The Kier molecular flexibility index (Phi) is 5.37. The zero-order valence-electron chi connectivity index (χ0n) is 14.5. The molecule has 0 aromatic heterocycles. The predicted octanol–water partition coefficient (Wildman–Crippen LogP) is 3.65. The summed E-state index contributed by atoms with van der Waals surface area (Å²) in [7, 11) is 0. The van der Waals surface area contributed by atoms with Crippen LogP contribution in [0.1, 0.15) is 48.8 Å². The summed E-state index contributed by atoms with van der Waals surface area (Å²) >= 11 is 0. The maximum Gasteiger partial charge on any atom is 0.227 e. The van der Waals surface area contributed by atoms with E-state index in [4.69, 9.17) is 4.74 Å². The SMILES string of the molecule is Cc1ccc(C)c(CC(=O)N2CCOC(C3CCCCC3)C2)c1. The van der Waals surface area contributed by atoms with Crippen molar-refractivity contribution in [1.82, 2.24) is 4.90 Å². The number of carbonyl (C=O) groups is 1. The highest BCUT2D eigenvalue weighted by Gasteiger charge is 2.31. The van der Waals surface area contributed by atoms with E-state index in [9.17, 15) is 4.79 Å². The van der Waals surface area contributed by atoms with Crippen molar-refractivity contribution >= 4 is 5.91 Å². The van der Waals surface area contributed by atoms with Gasteiger partial charge in [-0.25, -0.2) is 0 Å². The summed E-state index contributed by atoms with van der Waals surface area (Å²) in [5, 5.41) is 0. The number of hydrogen-bond donors (Lipinski definition) is 0. The Morgan fingerprint density at radius 2 is 2.00 bits per heavy atom. The van der Waals surface area contributed by atoms with Crippen LogP contribution in [0.4, 0.5) is 0 Å². The summed E-state index contributed by atoms with van der Waals surface area (Å²) in [5.41, 5.74) is 3.59. The highest BCUT2D eigenvalue weighted by Crippen LogP contribution is 2.29. The maximum atomic E-state index is 12.7. The lowest BCUT2D eigenvalue weighted by atomic mass is 9.84. The lowest BCUT2D eigenvalue weighted by molar-refractivity contribution is -0.141. The normalized spacial score (nSPS) is 23.0. The van der Waals surface area contributed by atoms with Crippen molar-refractivity contribution < 1.29 is 9.53 Å². The van der Waals surface area contributed by atoms with Crippen LogP contribution in [0, 0.1) is 19.8 Å². The van der Waals surface area contributed by atoms with Crippen LogP contribution in [0.5, 0.6) is 0 Å². The Morgan fingerprint density at radius 1 is 1.22 bits per heavy atom. The fraction of sp³-hybridized carbons (Fsp3) is 0.650. The number of rotatable bonds is 3. The third kappa shape index (κ3) is 4.14. The molecule has 1 saturated carbocycles. The van der Waals surface area contributed by atoms with Gasteiger partial charge in [-0.3, -0.25) is 4.79 Å². The second-order valence-electron chi connectivity index (χ2n) is 7.25. The summed E-state index contributed by atoms with van der Waals surface area (Å²) in [4.78, 5) is 14.8. The average molecular weight is 315 g/mol. The van der Waals surface area contributed by atoms with Gasteiger partial charge in [0.25, 0.3) is 0 Å². The largest absolute Gasteiger partial charge is 0.374 e. The van der Waals surface area contributed by atoms with E-state index >= 15 is 0 Å². The first-order valence-corrected chi connectivity index (χ1v) is 9.09. The van der Waals surface area contributed by atoms with Crippen LogP contribution in [-0.4, -0.2) is 36.6 Å². The standard InChI is InChI=1S/C20H29NO2/c1-15-8-9-16(2)18(12-15)13-20(22)21-10-11-23-19(14-21)17-6-4-3-5-7-17/h8-9,12,17,19H,3-7,10-11,13-14H2,1-2H3. The van der Waals surface area contributed by atoms with E-state index < -0.39 is 0 Å². The molecule has 2 aliphatic rings. The first kappa shape index (κ1) is 16.5. The van der Waals surface area contributed by atoms with Crippen molar-refractivity contribution in [3.05, 3.63) is 34.9 Å². The quantitative estimate of drug-likeness (QED) is 0.852. The molecule has 0 N–H and O–H groups in total. The van der Waals surface area contributed by atoms with Gasteiger partial charge in [0.05, 0.1) is 19.1 Å². The molecule has 1 heterocycles. The van der Waals surface area contributed by atoms with E-state index in [1.807, 2.05) is 4.90 Å². The zero-order valence-corrected chi connectivity index (χ0v) is 14.5. The minimum absolute atomic E-state index is 0.253. The predicted molar refractivity (Wildman–Crippen MR) is 92.5 cm³/mol. The molecule has 1 aliphatic heterocycles. The molecule has 126 valence electrons. The highest BCUT2D eigenvalue weighted by atomic mass is 16.5. The van der Waals surface area contributed by atoms with Gasteiger partial charge in [0, 0.05) is 13.1 Å². The number of amides is 1. The molecule has 1 atom stereocenters. The molecular formula is C20H29NO2. The Bertz CT molecular complexity index is 549. The number of aryl methyl sites for hydroxylation is 2. The Labute approximate surface area is 140 Å². The molecule has 1 saturated heterocycles. The topological polar surface area (TPSA) is 29.5 Å². The van der Waals surface area contributed by atoms with Crippen molar-refractivity contribution in [1.29, 1.82) is 0 Å². The third-order valence-corrected chi connectivity index (χ3v) is 5.47. The molecule has 0 radical (unpaired) electrons. The van der Waals surface area contributed by atoms with E-state index in [1.165, 1.54) is 43.2 Å². The van der Waals surface area contributed by atoms with E-state index in [0.29, 0.717) is 18.9 Å². The lowest BCUT2D eigenvalue weighted by Gasteiger charge is -2.38. The van der Waals surface area contributed by atoms with Gasteiger partial charge in [-0.2, -0.15) is 0 Å². The minimum atomic E-state index is 0.253. The number of morpholine rings is 1. The summed E-state index contributed by atoms with van der Waals surface area (Å²) in [5.74, 6) is 0.905. The van der Waals surface area contributed by atoms with Crippen LogP contribution in [0.15, 0.2) is 18.2 Å². The van der Waals surface area contributed by atoms with Crippen LogP contribution in [-0.2, 0) is 16.0 Å². The second-order valence-corrected chi connectivity index (χ2v) is 7.25. The van der Waals surface area contributed by atoms with Gasteiger partial charge in [0.1, 0.15) is 0 Å². The Hall–Kier alpha value is -1.35. The molecule has 3 heteroatoms. The summed E-state index contributed by atoms with van der Waals surface area (Å²) in [6.45, 7) is 6.40. The van der Waals surface area contributed by atoms with Gasteiger partial charge < -0.3 is 9.64 Å². The van der Waals surface area contributed by atoms with Crippen LogP contribution in [0.3, 0.4) is 0 Å². The highest BCUT2D eigenvalue weighted by molar-refractivity contribution is 5.79. The number of nitrogens with zero attached hydrogens (tertiary/aromatic N) is 1. The van der Waals surface area contributed by atoms with Crippen LogP contribution in [0.2, 0.25) is 0 Å². The summed E-state index contributed by atoms with van der Waals surface area (Å²) in [6.07, 6.45) is 7.31. The van der Waals surface area contributed by atoms with Crippen molar-refractivity contribution in [3.63, 3.8) is 0 Å². The van der Waals surface area contributed by atoms with E-state index in [2.05, 4.69) is 32.0 Å². The van der Waals surface area contributed by atoms with Crippen LogP contribution < -0.4 is 0 Å². The number of carbonyl (C=O) groups excluding carboxylic acids is 1. The van der Waals surface area contributed by atoms with E-state index in [0.717, 1.165) is 18.7 Å². The molecule has 1 aromatic rings. The molecule has 3 nitrogen and oxygen atoms in total. The van der Waals surface area contributed by atoms with Crippen molar-refractivity contribution in [2.24, 2.45) is 5.92 Å². The first-order valence-electron chi connectivity index (χ1n) is 9.09. The summed E-state index contributed by atoms with van der Waals surface area (Å²) in [6, 6.07) is 6.37. The maximum absolute atomic E-state index is 12.7. The molecule has 0 spiro atoms. The third-order valence-electron chi connectivity index (χ3n) is 5.47. The van der Waals surface area contributed by atoms with Crippen molar-refractivity contribution in [3.8, 4) is 0 Å². The second kappa shape index (κ2) is 7.48. The number of hydrogen-bond acceptors (Lipinski definition) is 2. The minimum Gasteiger partial charge on any atom is -0.374 e. The molecule has 1 unspecified atom stereocenters. The lowest BCUT2D eigenvalue weighted by Crippen LogP contribution is -2.49. The van der Waals surface area contributed by atoms with Crippen molar-refractivity contribution in [2.75, 3.05) is 19.7 Å². The fourth-order valence-electron chi connectivity index (χ4n) is 3.96. The Morgan fingerprint density at radius 3 is 2.78 bits per heavy atom. The molecule has 1 aliphatic carbocycles. The van der Waals surface area contributed by atoms with Gasteiger partial charge in [-0.1, -0.05) is 43.0 Å². The summed E-state index contributed by atoms with van der Waals surface area (Å²) < 4.78 is 6.00.